The van der Waals surface area contributed by atoms with Gasteiger partial charge in [-0.25, -0.2) is 0 Å². The largest absolute Gasteiger partial charge is 0.495 e. The maximum Gasteiger partial charge on any atom is 0.256 e. The lowest BCUT2D eigenvalue weighted by molar-refractivity contribution is 0.327. The molecule has 0 spiro atoms. The van der Waals surface area contributed by atoms with Crippen molar-refractivity contribution >= 4 is 46.5 Å². The van der Waals surface area contributed by atoms with E-state index in [4.69, 9.17) is 26.8 Å². The molecule has 9 heteroatoms. The summed E-state index contributed by atoms with van der Waals surface area (Å²) in [5, 5.41) is 10.3. The van der Waals surface area contributed by atoms with Gasteiger partial charge < -0.3 is 25.6 Å². The summed E-state index contributed by atoms with van der Waals surface area (Å²) in [6.07, 6.45) is 1.77. The van der Waals surface area contributed by atoms with Crippen LogP contribution in [-0.4, -0.2) is 47.0 Å². The average molecular weight is 350 g/mol. The molecule has 0 aliphatic heterocycles. The van der Waals surface area contributed by atoms with Crippen molar-refractivity contribution in [1.29, 1.82) is 0 Å². The van der Waals surface area contributed by atoms with E-state index in [0.717, 1.165) is 22.9 Å². The SMILES string of the molecule is CNC(=S)OCCSCc1ncccc1OC.NC(O)=S. The molecule has 0 saturated carbocycles. The second-order valence-corrected chi connectivity index (χ2v) is 5.32. The Balaban J connectivity index is 0.000000885. The van der Waals surface area contributed by atoms with E-state index >= 15 is 0 Å². The van der Waals surface area contributed by atoms with E-state index in [-0.39, 0.29) is 0 Å². The topological polar surface area (TPSA) is 89.6 Å². The summed E-state index contributed by atoms with van der Waals surface area (Å²) in [6, 6.07) is 3.77. The molecule has 6 nitrogen and oxygen atoms in total. The van der Waals surface area contributed by atoms with Crippen LogP contribution in [0, 0.1) is 0 Å². The number of aliphatic hydroxyl groups excluding tert-OH is 1. The Bertz CT molecular complexity index is 443. The number of aromatic nitrogens is 1. The summed E-state index contributed by atoms with van der Waals surface area (Å²) >= 11 is 10.5. The Kier molecular flexibility index (Phi) is 11.6. The van der Waals surface area contributed by atoms with Crippen molar-refractivity contribution < 1.29 is 14.6 Å². The molecule has 0 fully saturated rings. The Labute approximate surface area is 139 Å². The second-order valence-electron chi connectivity index (χ2n) is 3.43. The highest BCUT2D eigenvalue weighted by molar-refractivity contribution is 7.98. The fourth-order valence-electron chi connectivity index (χ4n) is 1.15. The molecule has 4 N–H and O–H groups in total. The van der Waals surface area contributed by atoms with Gasteiger partial charge in [-0.15, -0.1) is 0 Å². The number of ether oxygens (including phenoxy) is 2. The second kappa shape index (κ2) is 12.4. The van der Waals surface area contributed by atoms with Crippen molar-refractivity contribution in [3.8, 4) is 5.75 Å². The van der Waals surface area contributed by atoms with Gasteiger partial charge in [-0.1, -0.05) is 0 Å². The van der Waals surface area contributed by atoms with Crippen LogP contribution >= 0.6 is 36.2 Å². The number of nitrogens with two attached hydrogens (primary N) is 1. The first-order valence-electron chi connectivity index (χ1n) is 5.89. The van der Waals surface area contributed by atoms with Gasteiger partial charge in [0.05, 0.1) is 19.4 Å². The molecule has 0 radical (unpaired) electrons. The van der Waals surface area contributed by atoms with Crippen LogP contribution in [0.1, 0.15) is 5.69 Å². The molecule has 0 atom stereocenters. The highest BCUT2D eigenvalue weighted by Gasteiger charge is 2.03. The van der Waals surface area contributed by atoms with Gasteiger partial charge in [0.2, 0.25) is 0 Å². The highest BCUT2D eigenvalue weighted by Crippen LogP contribution is 2.19. The Morgan fingerprint density at radius 1 is 1.52 bits per heavy atom. The number of pyridine rings is 1. The van der Waals surface area contributed by atoms with Gasteiger partial charge in [-0.2, -0.15) is 11.8 Å². The van der Waals surface area contributed by atoms with Crippen molar-refractivity contribution in [2.24, 2.45) is 5.73 Å². The standard InChI is InChI=1S/C11H16N2O2S2.CH3NOS/c1-12-11(16)15-6-7-17-8-9-10(14-2)4-3-5-13-9;2-1(3)4/h3-5H,6-8H2,1-2H3,(H,12,16);(H3,2,3,4). The van der Waals surface area contributed by atoms with Gasteiger partial charge >= 0.3 is 0 Å². The lowest BCUT2D eigenvalue weighted by Gasteiger charge is -2.08. The van der Waals surface area contributed by atoms with Crippen LogP contribution in [0.15, 0.2) is 18.3 Å². The van der Waals surface area contributed by atoms with Crippen molar-refractivity contribution in [1.82, 2.24) is 10.3 Å². The van der Waals surface area contributed by atoms with Crippen LogP contribution in [0.3, 0.4) is 0 Å². The minimum Gasteiger partial charge on any atom is -0.495 e. The zero-order valence-corrected chi connectivity index (χ0v) is 14.3. The third-order valence-corrected chi connectivity index (χ3v) is 3.23. The Morgan fingerprint density at radius 3 is 2.76 bits per heavy atom. The minimum absolute atomic E-state index is 0.431. The van der Waals surface area contributed by atoms with Crippen molar-refractivity contribution in [2.45, 2.75) is 5.75 Å². The van der Waals surface area contributed by atoms with E-state index in [1.54, 1.807) is 32.1 Å². The summed E-state index contributed by atoms with van der Waals surface area (Å²) in [4.78, 5) is 4.27. The van der Waals surface area contributed by atoms with Gasteiger partial charge in [-0.3, -0.25) is 4.98 Å². The summed E-state index contributed by atoms with van der Waals surface area (Å²) in [7, 11) is 3.40. The third-order valence-electron chi connectivity index (χ3n) is 1.97. The summed E-state index contributed by atoms with van der Waals surface area (Å²) in [5.74, 6) is 2.49. The van der Waals surface area contributed by atoms with E-state index in [2.05, 4.69) is 28.3 Å². The van der Waals surface area contributed by atoms with Gasteiger partial charge in [0.15, 0.2) is 0 Å². The first-order chi connectivity index (χ1) is 10.0. The first-order valence-corrected chi connectivity index (χ1v) is 7.86. The molecular weight excluding hydrogens is 330 g/mol. The number of methoxy groups -OCH3 is 1. The van der Waals surface area contributed by atoms with Crippen LogP contribution in [0.25, 0.3) is 0 Å². The van der Waals surface area contributed by atoms with Crippen LogP contribution in [0.5, 0.6) is 5.75 Å². The van der Waals surface area contributed by atoms with Gasteiger partial charge in [0, 0.05) is 24.8 Å². The molecule has 1 heterocycles. The molecule has 0 aromatic carbocycles. The Morgan fingerprint density at radius 2 is 2.19 bits per heavy atom. The zero-order chi connectivity index (χ0) is 16.1. The minimum atomic E-state index is -0.500. The monoisotopic (exact) mass is 349 g/mol. The van der Waals surface area contributed by atoms with Crippen LogP contribution in [-0.2, 0) is 10.5 Å². The fraction of sp³-hybridized carbons (Fsp3) is 0.417. The Hall–Kier alpha value is -1.32. The molecule has 118 valence electrons. The van der Waals surface area contributed by atoms with Crippen LogP contribution in [0.2, 0.25) is 0 Å². The van der Waals surface area contributed by atoms with Gasteiger partial charge in [0.1, 0.15) is 5.75 Å². The summed E-state index contributed by atoms with van der Waals surface area (Å²) in [5.41, 5.74) is 5.35. The van der Waals surface area contributed by atoms with Crippen LogP contribution in [0.4, 0.5) is 0 Å². The number of nitrogens with zero attached hydrogens (tertiary/aromatic N) is 1. The maximum absolute atomic E-state index is 7.56. The predicted octanol–water partition coefficient (Wildman–Crippen LogP) is 1.63. The number of aliphatic hydroxyl groups is 1. The fourth-order valence-corrected chi connectivity index (χ4v) is 1.99. The summed E-state index contributed by atoms with van der Waals surface area (Å²) in [6.45, 7) is 0.597. The van der Waals surface area contributed by atoms with Crippen molar-refractivity contribution in [3.63, 3.8) is 0 Å². The molecule has 1 aromatic rings. The molecular formula is C12H19N3O3S3. The van der Waals surface area contributed by atoms with E-state index in [1.807, 2.05) is 12.1 Å². The molecule has 1 aromatic heterocycles. The number of hydrogen-bond donors (Lipinski definition) is 3. The van der Waals surface area contributed by atoms with E-state index in [1.165, 1.54) is 0 Å². The third kappa shape index (κ3) is 11.1. The number of thiocarbonyl (C=S) groups is 2. The summed E-state index contributed by atoms with van der Waals surface area (Å²) < 4.78 is 10.5. The molecule has 0 aliphatic carbocycles. The molecule has 0 amide bonds. The lowest BCUT2D eigenvalue weighted by Crippen LogP contribution is -2.19. The average Bonchev–Trinajstić information content (AvgIpc) is 2.46. The molecule has 21 heavy (non-hydrogen) atoms. The quantitative estimate of drug-likeness (QED) is 0.523. The highest BCUT2D eigenvalue weighted by atomic mass is 32.2. The zero-order valence-electron chi connectivity index (χ0n) is 11.9. The molecule has 1 rings (SSSR count). The predicted molar refractivity (Wildman–Crippen MR) is 94.0 cm³/mol. The lowest BCUT2D eigenvalue weighted by atomic mass is 10.3. The van der Waals surface area contributed by atoms with Gasteiger partial charge in [-0.05, 0) is 36.6 Å². The van der Waals surface area contributed by atoms with Crippen molar-refractivity contribution in [3.05, 3.63) is 24.0 Å². The number of nitrogens with one attached hydrogen (secondary N) is 1. The molecule has 0 unspecified atom stereocenters. The number of rotatable bonds is 6. The van der Waals surface area contributed by atoms with E-state index < -0.39 is 5.17 Å². The van der Waals surface area contributed by atoms with Crippen LogP contribution < -0.4 is 15.8 Å². The normalized spacial score (nSPS) is 9.05. The number of thioether (sulfide) groups is 1. The molecule has 0 bridgehead atoms. The smallest absolute Gasteiger partial charge is 0.256 e. The first kappa shape index (κ1) is 19.7. The maximum atomic E-state index is 7.56. The van der Waals surface area contributed by atoms with E-state index in [9.17, 15) is 0 Å². The molecule has 0 aliphatic rings. The van der Waals surface area contributed by atoms with E-state index in [0.29, 0.717) is 11.8 Å². The van der Waals surface area contributed by atoms with Gasteiger partial charge in [0.25, 0.3) is 10.3 Å². The van der Waals surface area contributed by atoms with Crippen molar-refractivity contribution in [2.75, 3.05) is 26.5 Å². The number of hydrogen-bond acceptors (Lipinski definition) is 6. The molecule has 0 saturated heterocycles.